The SMILES string of the molecule is CCN(CC)C(=O)CSc1nc(O)cc(=O)[nH]1. The molecule has 0 aromatic carbocycles. The Morgan fingerprint density at radius 3 is 2.71 bits per heavy atom. The molecule has 0 saturated heterocycles. The molecule has 0 aliphatic heterocycles. The minimum atomic E-state index is -0.435. The normalized spacial score (nSPS) is 10.2. The lowest BCUT2D eigenvalue weighted by molar-refractivity contribution is -0.127. The van der Waals surface area contributed by atoms with Gasteiger partial charge in [0.15, 0.2) is 5.16 Å². The van der Waals surface area contributed by atoms with Gasteiger partial charge < -0.3 is 15.0 Å². The van der Waals surface area contributed by atoms with Crippen LogP contribution in [0.2, 0.25) is 0 Å². The Hall–Kier alpha value is -1.50. The van der Waals surface area contributed by atoms with E-state index in [0.29, 0.717) is 13.1 Å². The largest absolute Gasteiger partial charge is 0.493 e. The van der Waals surface area contributed by atoms with Gasteiger partial charge >= 0.3 is 0 Å². The summed E-state index contributed by atoms with van der Waals surface area (Å²) >= 11 is 1.10. The highest BCUT2D eigenvalue weighted by Crippen LogP contribution is 2.13. The Morgan fingerprint density at radius 2 is 2.18 bits per heavy atom. The number of thioether (sulfide) groups is 1. The average Bonchev–Trinajstić information content (AvgIpc) is 2.27. The summed E-state index contributed by atoms with van der Waals surface area (Å²) in [5.74, 6) is -0.175. The van der Waals surface area contributed by atoms with Gasteiger partial charge in [-0.05, 0) is 13.8 Å². The number of nitrogens with zero attached hydrogens (tertiary/aromatic N) is 2. The van der Waals surface area contributed by atoms with Gasteiger partial charge in [0.25, 0.3) is 5.56 Å². The van der Waals surface area contributed by atoms with Crippen molar-refractivity contribution in [2.75, 3.05) is 18.8 Å². The fraction of sp³-hybridized carbons (Fsp3) is 0.500. The van der Waals surface area contributed by atoms with Crippen molar-refractivity contribution in [3.05, 3.63) is 16.4 Å². The number of nitrogens with one attached hydrogen (secondary N) is 1. The topological polar surface area (TPSA) is 86.3 Å². The molecule has 0 aliphatic rings. The molecule has 0 aliphatic carbocycles. The number of aromatic nitrogens is 2. The predicted molar refractivity (Wildman–Crippen MR) is 65.2 cm³/mol. The maximum absolute atomic E-state index is 11.7. The van der Waals surface area contributed by atoms with Gasteiger partial charge in [0.2, 0.25) is 11.8 Å². The molecule has 0 radical (unpaired) electrons. The monoisotopic (exact) mass is 257 g/mol. The van der Waals surface area contributed by atoms with Gasteiger partial charge in [-0.15, -0.1) is 0 Å². The first-order chi connectivity index (χ1) is 8.06. The van der Waals surface area contributed by atoms with Crippen molar-refractivity contribution in [2.45, 2.75) is 19.0 Å². The van der Waals surface area contributed by atoms with Crippen LogP contribution in [0.3, 0.4) is 0 Å². The van der Waals surface area contributed by atoms with Crippen LogP contribution in [0.15, 0.2) is 16.0 Å². The van der Waals surface area contributed by atoms with E-state index in [1.807, 2.05) is 13.8 Å². The lowest BCUT2D eigenvalue weighted by Gasteiger charge is -2.17. The van der Waals surface area contributed by atoms with E-state index in [4.69, 9.17) is 5.11 Å². The van der Waals surface area contributed by atoms with Crippen LogP contribution in [-0.2, 0) is 4.79 Å². The third-order valence-electron chi connectivity index (χ3n) is 2.15. The summed E-state index contributed by atoms with van der Waals surface area (Å²) in [4.78, 5) is 30.6. The van der Waals surface area contributed by atoms with Crippen LogP contribution in [0.4, 0.5) is 0 Å². The van der Waals surface area contributed by atoms with Crippen LogP contribution < -0.4 is 5.56 Å². The third kappa shape index (κ3) is 4.10. The van der Waals surface area contributed by atoms with E-state index >= 15 is 0 Å². The lowest BCUT2D eigenvalue weighted by atomic mass is 10.5. The van der Waals surface area contributed by atoms with Crippen molar-refractivity contribution < 1.29 is 9.90 Å². The molecule has 0 unspecified atom stereocenters. The number of amides is 1. The summed E-state index contributed by atoms with van der Waals surface area (Å²) in [5, 5.41) is 9.37. The summed E-state index contributed by atoms with van der Waals surface area (Å²) in [6, 6.07) is 0.982. The molecule has 94 valence electrons. The van der Waals surface area contributed by atoms with Crippen molar-refractivity contribution in [1.29, 1.82) is 0 Å². The van der Waals surface area contributed by atoms with Crippen molar-refractivity contribution in [3.63, 3.8) is 0 Å². The molecule has 6 nitrogen and oxygen atoms in total. The molecular weight excluding hydrogens is 242 g/mol. The van der Waals surface area contributed by atoms with Gasteiger partial charge in [-0.25, -0.2) is 0 Å². The zero-order valence-corrected chi connectivity index (χ0v) is 10.6. The zero-order chi connectivity index (χ0) is 12.8. The quantitative estimate of drug-likeness (QED) is 0.590. The number of aromatic hydroxyl groups is 1. The number of carbonyl (C=O) groups is 1. The molecule has 7 heteroatoms. The van der Waals surface area contributed by atoms with Crippen LogP contribution in [0, 0.1) is 0 Å². The van der Waals surface area contributed by atoms with Gasteiger partial charge in [-0.3, -0.25) is 9.59 Å². The van der Waals surface area contributed by atoms with Crippen LogP contribution >= 0.6 is 11.8 Å². The first-order valence-electron chi connectivity index (χ1n) is 5.27. The van der Waals surface area contributed by atoms with Crippen molar-refractivity contribution >= 4 is 17.7 Å². The fourth-order valence-electron chi connectivity index (χ4n) is 1.29. The summed E-state index contributed by atoms with van der Waals surface area (Å²) < 4.78 is 0. The van der Waals surface area contributed by atoms with Crippen molar-refractivity contribution in [3.8, 4) is 5.88 Å². The number of carbonyl (C=O) groups excluding carboxylic acids is 1. The Kier molecular flexibility index (Phi) is 5.02. The molecule has 1 heterocycles. The summed E-state index contributed by atoms with van der Waals surface area (Å²) in [6.45, 7) is 5.11. The molecule has 1 aromatic rings. The van der Waals surface area contributed by atoms with E-state index in [0.717, 1.165) is 17.8 Å². The number of hydrogen-bond acceptors (Lipinski definition) is 5. The summed E-state index contributed by atoms with van der Waals surface area (Å²) in [7, 11) is 0. The third-order valence-corrected chi connectivity index (χ3v) is 3.01. The Morgan fingerprint density at radius 1 is 1.53 bits per heavy atom. The number of hydrogen-bond donors (Lipinski definition) is 2. The lowest BCUT2D eigenvalue weighted by Crippen LogP contribution is -2.31. The maximum Gasteiger partial charge on any atom is 0.255 e. The van der Waals surface area contributed by atoms with Crippen molar-refractivity contribution in [2.24, 2.45) is 0 Å². The van der Waals surface area contributed by atoms with Crippen LogP contribution in [0.25, 0.3) is 0 Å². The predicted octanol–water partition coefficient (Wildman–Crippen LogP) is 0.436. The van der Waals surface area contributed by atoms with Crippen LogP contribution in [0.1, 0.15) is 13.8 Å². The fourth-order valence-corrected chi connectivity index (χ4v) is 2.06. The van der Waals surface area contributed by atoms with Gasteiger partial charge in [0.05, 0.1) is 11.8 Å². The molecule has 1 aromatic heterocycles. The Bertz CT molecular complexity index is 443. The van der Waals surface area contributed by atoms with Crippen LogP contribution in [0.5, 0.6) is 5.88 Å². The highest BCUT2D eigenvalue weighted by atomic mass is 32.2. The van der Waals surface area contributed by atoms with Crippen molar-refractivity contribution in [1.82, 2.24) is 14.9 Å². The van der Waals surface area contributed by atoms with Gasteiger partial charge in [0.1, 0.15) is 0 Å². The Balaban J connectivity index is 2.61. The molecule has 1 amide bonds. The second-order valence-corrected chi connectivity index (χ2v) is 4.23. The average molecular weight is 257 g/mol. The highest BCUT2D eigenvalue weighted by molar-refractivity contribution is 7.99. The van der Waals surface area contributed by atoms with E-state index in [1.54, 1.807) is 4.90 Å². The number of aromatic amines is 1. The first kappa shape index (κ1) is 13.6. The van der Waals surface area contributed by atoms with E-state index in [2.05, 4.69) is 9.97 Å². The van der Waals surface area contributed by atoms with E-state index in [9.17, 15) is 9.59 Å². The molecule has 17 heavy (non-hydrogen) atoms. The maximum atomic E-state index is 11.7. The minimum absolute atomic E-state index is 0.0222. The minimum Gasteiger partial charge on any atom is -0.493 e. The molecule has 0 atom stereocenters. The molecule has 0 bridgehead atoms. The van der Waals surface area contributed by atoms with Gasteiger partial charge in [0, 0.05) is 13.1 Å². The molecule has 1 rings (SSSR count). The second kappa shape index (κ2) is 6.29. The van der Waals surface area contributed by atoms with E-state index in [-0.39, 0.29) is 22.7 Å². The smallest absolute Gasteiger partial charge is 0.255 e. The molecular formula is C10H15N3O3S. The summed E-state index contributed by atoms with van der Waals surface area (Å²) in [5.41, 5.74) is -0.435. The van der Waals surface area contributed by atoms with E-state index in [1.165, 1.54) is 0 Å². The van der Waals surface area contributed by atoms with Gasteiger partial charge in [-0.2, -0.15) is 4.98 Å². The zero-order valence-electron chi connectivity index (χ0n) is 9.77. The number of rotatable bonds is 5. The van der Waals surface area contributed by atoms with E-state index < -0.39 is 5.56 Å². The van der Waals surface area contributed by atoms with Crippen LogP contribution in [-0.4, -0.2) is 44.7 Å². The highest BCUT2D eigenvalue weighted by Gasteiger charge is 2.11. The second-order valence-electron chi connectivity index (χ2n) is 3.26. The number of H-pyrrole nitrogens is 1. The summed E-state index contributed by atoms with van der Waals surface area (Å²) in [6.07, 6.45) is 0. The molecule has 0 fully saturated rings. The first-order valence-corrected chi connectivity index (χ1v) is 6.26. The Labute approximate surface area is 103 Å². The molecule has 0 saturated carbocycles. The molecule has 2 N–H and O–H groups in total. The van der Waals surface area contributed by atoms with Gasteiger partial charge in [-0.1, -0.05) is 11.8 Å². The molecule has 0 spiro atoms. The standard InChI is InChI=1S/C10H15N3O3S/c1-3-13(4-2)9(16)6-17-10-11-7(14)5-8(15)12-10/h5H,3-4,6H2,1-2H3,(H2,11,12,14,15).